The number of carbonyl (C=O) groups excluding carboxylic acids is 3. The first-order valence-corrected chi connectivity index (χ1v) is 16.3. The highest BCUT2D eigenvalue weighted by molar-refractivity contribution is 9.09. The van der Waals surface area contributed by atoms with Crippen molar-refractivity contribution in [1.29, 1.82) is 0 Å². The molecule has 1 aromatic carbocycles. The summed E-state index contributed by atoms with van der Waals surface area (Å²) in [5, 5.41) is 10.7. The zero-order chi connectivity index (χ0) is 29.9. The zero-order valence-electron chi connectivity index (χ0n) is 24.2. The van der Waals surface area contributed by atoms with Gasteiger partial charge in [-0.2, -0.15) is 0 Å². The van der Waals surface area contributed by atoms with Crippen molar-refractivity contribution in [1.82, 2.24) is 9.80 Å². The molecule has 9 heteroatoms. The van der Waals surface area contributed by atoms with Gasteiger partial charge >= 0.3 is 5.97 Å². The van der Waals surface area contributed by atoms with Crippen LogP contribution in [-0.4, -0.2) is 81.1 Å². The first kappa shape index (κ1) is 31.0. The Hall–Kier alpha value is -2.49. The van der Waals surface area contributed by atoms with Gasteiger partial charge in [-0.15, -0.1) is 13.2 Å². The van der Waals surface area contributed by atoms with Crippen LogP contribution in [0.15, 0.2) is 55.6 Å². The van der Waals surface area contributed by atoms with Gasteiger partial charge in [0.05, 0.1) is 37.2 Å². The number of ether oxygens (including phenoxy) is 2. The molecule has 42 heavy (non-hydrogen) atoms. The van der Waals surface area contributed by atoms with Crippen LogP contribution in [0, 0.1) is 11.8 Å². The van der Waals surface area contributed by atoms with E-state index >= 15 is 0 Å². The highest BCUT2D eigenvalue weighted by atomic mass is 79.9. The lowest BCUT2D eigenvalue weighted by Crippen LogP contribution is -2.59. The summed E-state index contributed by atoms with van der Waals surface area (Å²) < 4.78 is 12.4. The summed E-state index contributed by atoms with van der Waals surface area (Å²) in [5.74, 6) is -2.72. The molecule has 3 aliphatic heterocycles. The summed E-state index contributed by atoms with van der Waals surface area (Å²) in [7, 11) is 0. The summed E-state index contributed by atoms with van der Waals surface area (Å²) >= 11 is 3.73. The van der Waals surface area contributed by atoms with Crippen LogP contribution < -0.4 is 0 Å². The Morgan fingerprint density at radius 3 is 2.57 bits per heavy atom. The number of carbonyl (C=O) groups is 3. The van der Waals surface area contributed by atoms with Crippen LogP contribution in [0.4, 0.5) is 0 Å². The Kier molecular flexibility index (Phi) is 9.90. The largest absolute Gasteiger partial charge is 0.465 e. The quantitative estimate of drug-likeness (QED) is 0.145. The minimum absolute atomic E-state index is 0.0376. The van der Waals surface area contributed by atoms with E-state index in [-0.39, 0.29) is 35.9 Å². The van der Waals surface area contributed by atoms with Gasteiger partial charge in [0.25, 0.3) is 0 Å². The van der Waals surface area contributed by atoms with Crippen molar-refractivity contribution >= 4 is 33.7 Å². The Bertz CT molecular complexity index is 1160. The number of likely N-dealkylation sites (tertiary alicyclic amines) is 1. The number of halogens is 1. The standard InChI is InChI=1S/C33H43BrN2O6/c1-3-5-6-13-19-41-32(40)26-27-30(38)36(25(21-37)22-14-9-7-10-15-22)29(33(27)20-24(34)28(26)42-33)31(39)35(18-4-2)23-16-11-8-12-17-23/h3-4,7,9-10,14-15,23-29,37H,1-2,5-6,8,11-13,16-21H2/t24?,25-,26+,27+,28+,29?,33?/m1/s1. The van der Waals surface area contributed by atoms with Gasteiger partial charge in [-0.25, -0.2) is 0 Å². The van der Waals surface area contributed by atoms with Crippen molar-refractivity contribution in [2.75, 3.05) is 19.8 Å². The van der Waals surface area contributed by atoms with Gasteiger partial charge in [-0.05, 0) is 44.1 Å². The number of fused-ring (bicyclic) bond motifs is 1. The van der Waals surface area contributed by atoms with E-state index in [1.54, 1.807) is 6.08 Å². The van der Waals surface area contributed by atoms with Gasteiger partial charge in [-0.3, -0.25) is 14.4 Å². The molecule has 3 unspecified atom stereocenters. The van der Waals surface area contributed by atoms with Crippen LogP contribution in [0.1, 0.15) is 69.4 Å². The molecule has 2 bridgehead atoms. The van der Waals surface area contributed by atoms with Crippen molar-refractivity contribution in [3.05, 3.63) is 61.2 Å². The number of benzene rings is 1. The highest BCUT2D eigenvalue weighted by Crippen LogP contribution is 2.61. The summed E-state index contributed by atoms with van der Waals surface area (Å²) in [6, 6.07) is 7.55. The second-order valence-corrected chi connectivity index (χ2v) is 13.2. The van der Waals surface area contributed by atoms with E-state index < -0.39 is 41.6 Å². The van der Waals surface area contributed by atoms with E-state index in [2.05, 4.69) is 29.1 Å². The van der Waals surface area contributed by atoms with Crippen molar-refractivity contribution in [3.8, 4) is 0 Å². The van der Waals surface area contributed by atoms with Crippen LogP contribution in [0.25, 0.3) is 0 Å². The second-order valence-electron chi connectivity index (χ2n) is 12.0. The predicted octanol–water partition coefficient (Wildman–Crippen LogP) is 4.71. The van der Waals surface area contributed by atoms with Crippen molar-refractivity contribution in [3.63, 3.8) is 0 Å². The summed E-state index contributed by atoms with van der Waals surface area (Å²) in [6.45, 7) is 7.90. The number of nitrogens with zero attached hydrogens (tertiary/aromatic N) is 2. The van der Waals surface area contributed by atoms with Crippen molar-refractivity contribution in [2.45, 2.75) is 92.4 Å². The Balaban J connectivity index is 1.54. The molecular formula is C33H43BrN2O6. The van der Waals surface area contributed by atoms with Crippen LogP contribution in [-0.2, 0) is 23.9 Å². The first-order valence-electron chi connectivity index (χ1n) is 15.4. The first-order chi connectivity index (χ1) is 20.4. The minimum Gasteiger partial charge on any atom is -0.465 e. The number of amides is 2. The van der Waals surface area contributed by atoms with Gasteiger partial charge < -0.3 is 24.4 Å². The SMILES string of the molecule is C=CCCCCOC(=O)[C@H]1[C@H]2C(=O)N([C@H](CO)c3ccccc3)C(C(=O)N(CC=C)C3CCCCC3)C23CC(Br)[C@@H]1O3. The molecule has 1 aliphatic carbocycles. The smallest absolute Gasteiger partial charge is 0.312 e. The fourth-order valence-electron chi connectivity index (χ4n) is 7.75. The third-order valence-electron chi connectivity index (χ3n) is 9.60. The molecule has 3 heterocycles. The van der Waals surface area contributed by atoms with Crippen LogP contribution >= 0.6 is 15.9 Å². The molecule has 1 saturated carbocycles. The average molecular weight is 644 g/mol. The Morgan fingerprint density at radius 1 is 1.17 bits per heavy atom. The van der Waals surface area contributed by atoms with Gasteiger partial charge in [-0.1, -0.05) is 77.7 Å². The topological polar surface area (TPSA) is 96.4 Å². The van der Waals surface area contributed by atoms with E-state index in [9.17, 15) is 19.5 Å². The maximum Gasteiger partial charge on any atom is 0.312 e. The predicted molar refractivity (Wildman–Crippen MR) is 163 cm³/mol. The van der Waals surface area contributed by atoms with E-state index in [0.29, 0.717) is 19.4 Å². The normalized spacial score (nSPS) is 31.0. The lowest BCUT2D eigenvalue weighted by atomic mass is 9.70. The molecule has 1 spiro atoms. The number of hydrogen-bond acceptors (Lipinski definition) is 6. The van der Waals surface area contributed by atoms with Crippen LogP contribution in [0.2, 0.25) is 0 Å². The Labute approximate surface area is 257 Å². The minimum atomic E-state index is -1.21. The number of aliphatic hydroxyl groups excluding tert-OH is 1. The number of esters is 1. The van der Waals surface area contributed by atoms with Gasteiger partial charge in [0, 0.05) is 17.4 Å². The molecule has 2 amide bonds. The maximum atomic E-state index is 14.8. The zero-order valence-corrected chi connectivity index (χ0v) is 25.8. The number of rotatable bonds is 13. The van der Waals surface area contributed by atoms with Crippen LogP contribution in [0.5, 0.6) is 0 Å². The van der Waals surface area contributed by atoms with Gasteiger partial charge in [0.2, 0.25) is 11.8 Å². The monoisotopic (exact) mass is 642 g/mol. The van der Waals surface area contributed by atoms with Gasteiger partial charge in [0.1, 0.15) is 11.6 Å². The highest BCUT2D eigenvalue weighted by Gasteiger charge is 2.77. The summed E-state index contributed by atoms with van der Waals surface area (Å²) in [6.07, 6.45) is 10.8. The molecule has 228 valence electrons. The fourth-order valence-corrected chi connectivity index (χ4v) is 8.69. The summed E-state index contributed by atoms with van der Waals surface area (Å²) in [4.78, 5) is 46.1. The number of hydrogen-bond donors (Lipinski definition) is 1. The molecule has 3 saturated heterocycles. The molecule has 8 nitrogen and oxygen atoms in total. The van der Waals surface area contributed by atoms with Gasteiger partial charge in [0.15, 0.2) is 0 Å². The molecule has 4 fully saturated rings. The number of aliphatic hydroxyl groups is 1. The second kappa shape index (κ2) is 13.4. The molecule has 4 aliphatic rings. The molecule has 1 N–H and O–H groups in total. The van der Waals surface area contributed by atoms with Crippen LogP contribution in [0.3, 0.4) is 0 Å². The summed E-state index contributed by atoms with van der Waals surface area (Å²) in [5.41, 5.74) is -0.489. The molecule has 0 radical (unpaired) electrons. The average Bonchev–Trinajstić information content (AvgIpc) is 3.60. The third kappa shape index (κ3) is 5.48. The molecule has 7 atom stereocenters. The lowest BCUT2D eigenvalue weighted by Gasteiger charge is -2.42. The number of unbranched alkanes of at least 4 members (excludes halogenated alkanes) is 2. The van der Waals surface area contributed by atoms with E-state index in [1.807, 2.05) is 41.3 Å². The molecule has 5 rings (SSSR count). The Morgan fingerprint density at radius 2 is 1.90 bits per heavy atom. The molecular weight excluding hydrogens is 600 g/mol. The van der Waals surface area contributed by atoms with E-state index in [0.717, 1.165) is 50.5 Å². The maximum absolute atomic E-state index is 14.8. The number of alkyl halides is 1. The van der Waals surface area contributed by atoms with Crippen molar-refractivity contribution in [2.24, 2.45) is 11.8 Å². The third-order valence-corrected chi connectivity index (χ3v) is 10.4. The molecule has 0 aromatic heterocycles. The lowest BCUT2D eigenvalue weighted by molar-refractivity contribution is -0.157. The molecule has 1 aromatic rings. The van der Waals surface area contributed by atoms with E-state index in [1.165, 1.54) is 4.90 Å². The number of allylic oxidation sites excluding steroid dienone is 1. The van der Waals surface area contributed by atoms with E-state index in [4.69, 9.17) is 9.47 Å². The van der Waals surface area contributed by atoms with Crippen molar-refractivity contribution < 1.29 is 29.0 Å². The fraction of sp³-hybridized carbons (Fsp3) is 0.606.